The molecule has 47 heavy (non-hydrogen) atoms. The van der Waals surface area contributed by atoms with Crippen molar-refractivity contribution in [2.75, 3.05) is 7.11 Å². The minimum atomic E-state index is -1.30. The molecule has 2 aromatic carbocycles. The lowest BCUT2D eigenvalue weighted by atomic mass is 10.0. The van der Waals surface area contributed by atoms with E-state index < -0.39 is 60.3 Å². The summed E-state index contributed by atoms with van der Waals surface area (Å²) < 4.78 is 16.9. The second-order valence-corrected chi connectivity index (χ2v) is 12.7. The number of carboxylic acids is 2. The molecule has 0 aromatic heterocycles. The van der Waals surface area contributed by atoms with Crippen molar-refractivity contribution in [3.8, 4) is 0 Å². The standard InChI is InChI=1S/C16H20INO6.C12H12INO3.C3H6O3/c1-9(23-3)14(19)18-13(16(22)24-10(2)15(20)21)8-11-4-6-12(17)7-5-11;1-7-11(15)14-10(12(16)17-7)6-8-2-4-9(13)5-3-8;1-2(4)3(5)6/h4-7,9-10,13H,8H2,1-3H3,(H,18,19)(H,20,21);2-5,7,10H,6H2,1H3,(H,14,15);2,4H,1H3,(H,5,6)/t9-,10-,13+;7-,10-;2-/m100/s1. The maximum absolute atomic E-state index is 12.2. The Labute approximate surface area is 299 Å². The average Bonchev–Trinajstić information content (AvgIpc) is 3.01. The van der Waals surface area contributed by atoms with Crippen LogP contribution in [-0.4, -0.2) is 94.6 Å². The monoisotopic (exact) mass is 884 g/mol. The van der Waals surface area contributed by atoms with Crippen molar-refractivity contribution in [3.05, 3.63) is 66.8 Å². The summed E-state index contributed by atoms with van der Waals surface area (Å²) >= 11 is 4.37. The zero-order chi connectivity index (χ0) is 35.8. The molecule has 1 fully saturated rings. The maximum atomic E-state index is 12.2. The quantitative estimate of drug-likeness (QED) is 0.162. The molecule has 0 unspecified atom stereocenters. The molecule has 0 saturated carbocycles. The number of halogens is 2. The summed E-state index contributed by atoms with van der Waals surface area (Å²) in [6, 6.07) is 13.6. The van der Waals surface area contributed by atoms with Crippen molar-refractivity contribution < 1.29 is 58.3 Å². The zero-order valence-corrected chi connectivity index (χ0v) is 30.6. The molecule has 16 heteroatoms. The fourth-order valence-corrected chi connectivity index (χ4v) is 4.12. The van der Waals surface area contributed by atoms with Crippen molar-refractivity contribution >= 4 is 80.9 Å². The van der Waals surface area contributed by atoms with Gasteiger partial charge in [-0.2, -0.15) is 0 Å². The number of methoxy groups -OCH3 is 1. The van der Waals surface area contributed by atoms with E-state index in [9.17, 15) is 28.8 Å². The summed E-state index contributed by atoms with van der Waals surface area (Å²) in [5.74, 6) is -4.33. The van der Waals surface area contributed by atoms with Crippen LogP contribution < -0.4 is 10.6 Å². The predicted octanol–water partition coefficient (Wildman–Crippen LogP) is 2.09. The molecule has 3 rings (SSSR count). The molecule has 5 N–H and O–H groups in total. The number of rotatable bonds is 11. The number of carbonyl (C=O) groups is 6. The molecule has 6 atom stereocenters. The van der Waals surface area contributed by atoms with Gasteiger partial charge in [-0.3, -0.25) is 9.59 Å². The average molecular weight is 884 g/mol. The number of aliphatic hydroxyl groups excluding tert-OH is 1. The number of amides is 2. The van der Waals surface area contributed by atoms with Crippen molar-refractivity contribution in [2.45, 2.75) is 77.0 Å². The van der Waals surface area contributed by atoms with Gasteiger partial charge in [0.15, 0.2) is 12.2 Å². The Hall–Kier alpha value is -3.36. The number of hydrogen-bond acceptors (Lipinski definition) is 10. The van der Waals surface area contributed by atoms with Crippen molar-refractivity contribution in [2.24, 2.45) is 0 Å². The lowest BCUT2D eigenvalue weighted by Crippen LogP contribution is -2.53. The van der Waals surface area contributed by atoms with E-state index in [1.54, 1.807) is 13.8 Å². The number of hydrogen-bond donors (Lipinski definition) is 5. The van der Waals surface area contributed by atoms with Gasteiger partial charge in [0.05, 0.1) is 0 Å². The van der Waals surface area contributed by atoms with Gasteiger partial charge >= 0.3 is 23.9 Å². The van der Waals surface area contributed by atoms with Crippen molar-refractivity contribution in [1.29, 1.82) is 0 Å². The fraction of sp³-hybridized carbons (Fsp3) is 0.419. The van der Waals surface area contributed by atoms with Crippen LogP contribution in [0.3, 0.4) is 0 Å². The molecule has 1 aliphatic heterocycles. The largest absolute Gasteiger partial charge is 0.479 e. The maximum Gasteiger partial charge on any atom is 0.344 e. The van der Waals surface area contributed by atoms with Crippen LogP contribution in [-0.2, 0) is 55.8 Å². The molecular formula is C31H38I2N2O12. The molecule has 2 amide bonds. The van der Waals surface area contributed by atoms with E-state index in [2.05, 4.69) is 55.8 Å². The highest BCUT2D eigenvalue weighted by Crippen LogP contribution is 2.13. The van der Waals surface area contributed by atoms with Crippen LogP contribution >= 0.6 is 45.2 Å². The number of aliphatic carboxylic acids is 2. The Kier molecular flexibility index (Phi) is 18.4. The number of nitrogens with one attached hydrogen (secondary N) is 2. The van der Waals surface area contributed by atoms with Gasteiger partial charge in [-0.1, -0.05) is 24.3 Å². The second kappa shape index (κ2) is 20.8. The first kappa shape index (κ1) is 41.7. The number of esters is 2. The van der Waals surface area contributed by atoms with Gasteiger partial charge in [-0.15, -0.1) is 0 Å². The summed E-state index contributed by atoms with van der Waals surface area (Å²) in [6.45, 7) is 5.56. The van der Waals surface area contributed by atoms with Crippen LogP contribution in [0.4, 0.5) is 0 Å². The fourth-order valence-electron chi connectivity index (χ4n) is 3.40. The van der Waals surface area contributed by atoms with Crippen molar-refractivity contribution in [3.63, 3.8) is 0 Å². The Balaban J connectivity index is 0.000000415. The van der Waals surface area contributed by atoms with Crippen LogP contribution in [0.5, 0.6) is 0 Å². The minimum absolute atomic E-state index is 0.185. The molecule has 0 bridgehead atoms. The van der Waals surface area contributed by atoms with Crippen LogP contribution in [0, 0.1) is 7.14 Å². The Morgan fingerprint density at radius 2 is 1.38 bits per heavy atom. The lowest BCUT2D eigenvalue weighted by molar-refractivity contribution is -0.164. The normalized spacial score (nSPS) is 17.8. The number of carbonyl (C=O) groups excluding carboxylic acids is 4. The number of benzene rings is 2. The number of aliphatic hydroxyl groups is 1. The van der Waals surface area contributed by atoms with Gasteiger partial charge < -0.3 is 40.2 Å². The summed E-state index contributed by atoms with van der Waals surface area (Å²) in [4.78, 5) is 67.5. The van der Waals surface area contributed by atoms with E-state index in [4.69, 9.17) is 29.5 Å². The van der Waals surface area contributed by atoms with E-state index in [1.165, 1.54) is 21.0 Å². The van der Waals surface area contributed by atoms with E-state index in [-0.39, 0.29) is 18.3 Å². The number of morpholine rings is 1. The minimum Gasteiger partial charge on any atom is -0.479 e. The molecule has 0 aliphatic carbocycles. The third-order valence-electron chi connectivity index (χ3n) is 6.29. The number of ether oxygens (including phenoxy) is 3. The molecule has 0 spiro atoms. The Morgan fingerprint density at radius 3 is 1.83 bits per heavy atom. The Bertz CT molecular complexity index is 1370. The zero-order valence-electron chi connectivity index (χ0n) is 26.3. The molecular weight excluding hydrogens is 846 g/mol. The molecule has 1 saturated heterocycles. The first-order valence-electron chi connectivity index (χ1n) is 14.1. The summed E-state index contributed by atoms with van der Waals surface area (Å²) in [5.41, 5.74) is 1.81. The van der Waals surface area contributed by atoms with Gasteiger partial charge in [0.25, 0.3) is 5.91 Å². The number of cyclic esters (lactones) is 1. The molecule has 2 aromatic rings. The van der Waals surface area contributed by atoms with E-state index >= 15 is 0 Å². The molecule has 0 radical (unpaired) electrons. The second-order valence-electron chi connectivity index (χ2n) is 10.2. The summed E-state index contributed by atoms with van der Waals surface area (Å²) in [5, 5.41) is 29.8. The summed E-state index contributed by atoms with van der Waals surface area (Å²) in [7, 11) is 1.38. The third kappa shape index (κ3) is 15.9. The van der Waals surface area contributed by atoms with Gasteiger partial charge in [0.2, 0.25) is 5.91 Å². The highest BCUT2D eigenvalue weighted by Gasteiger charge is 2.33. The topological polar surface area (TPSA) is 215 Å². The van der Waals surface area contributed by atoms with Crippen LogP contribution in [0.1, 0.15) is 38.8 Å². The first-order chi connectivity index (χ1) is 21.9. The molecule has 258 valence electrons. The van der Waals surface area contributed by atoms with Crippen LogP contribution in [0.25, 0.3) is 0 Å². The van der Waals surface area contributed by atoms with Gasteiger partial charge in [-0.05, 0) is 108 Å². The Morgan fingerprint density at radius 1 is 0.894 bits per heavy atom. The lowest BCUT2D eigenvalue weighted by Gasteiger charge is -2.26. The number of carboxylic acid groups (broad SMARTS) is 2. The summed E-state index contributed by atoms with van der Waals surface area (Å²) in [6.07, 6.45) is -3.30. The van der Waals surface area contributed by atoms with Crippen molar-refractivity contribution in [1.82, 2.24) is 10.6 Å². The predicted molar refractivity (Wildman–Crippen MR) is 184 cm³/mol. The highest BCUT2D eigenvalue weighted by molar-refractivity contribution is 14.1. The SMILES string of the molecule is CO[C@H](C)C(=O)N[C@@H](Cc1ccc(I)cc1)C(=O)O[C@H](C)C(=O)O.C[C@@H]1OC(=O)[C@H](Cc2ccc(I)cc2)NC1=O.C[C@H](O)C(=O)O. The van der Waals surface area contributed by atoms with E-state index in [0.29, 0.717) is 6.42 Å². The van der Waals surface area contributed by atoms with Crippen LogP contribution in [0.2, 0.25) is 0 Å². The molecule has 1 heterocycles. The van der Waals surface area contributed by atoms with E-state index in [0.717, 1.165) is 18.3 Å². The van der Waals surface area contributed by atoms with Crippen LogP contribution in [0.15, 0.2) is 48.5 Å². The third-order valence-corrected chi connectivity index (χ3v) is 7.73. The highest BCUT2D eigenvalue weighted by atomic mass is 127. The molecule has 1 aliphatic rings. The smallest absolute Gasteiger partial charge is 0.344 e. The first-order valence-corrected chi connectivity index (χ1v) is 16.3. The van der Waals surface area contributed by atoms with Gasteiger partial charge in [0.1, 0.15) is 24.3 Å². The van der Waals surface area contributed by atoms with Gasteiger partial charge in [-0.25, -0.2) is 19.2 Å². The molecule has 14 nitrogen and oxygen atoms in total. The van der Waals surface area contributed by atoms with Gasteiger partial charge in [0, 0.05) is 27.1 Å². The van der Waals surface area contributed by atoms with E-state index in [1.807, 2.05) is 48.5 Å².